The number of aromatic nitrogens is 2. The van der Waals surface area contributed by atoms with Crippen LogP contribution in [-0.4, -0.2) is 45.5 Å². The average Bonchev–Trinajstić information content (AvgIpc) is 2.61. The van der Waals surface area contributed by atoms with Gasteiger partial charge in [-0.1, -0.05) is 6.92 Å². The number of primary amides is 2. The molecule has 0 unspecified atom stereocenters. The molecule has 0 saturated carbocycles. The molecular formula is C11H18N6O3. The lowest BCUT2D eigenvalue weighted by Gasteiger charge is -2.19. The average molecular weight is 282 g/mol. The Bertz CT molecular complexity index is 535. The Labute approximate surface area is 115 Å². The molecule has 1 rings (SSSR count). The maximum atomic E-state index is 12.4. The van der Waals surface area contributed by atoms with Crippen molar-refractivity contribution >= 4 is 23.4 Å². The molecule has 0 bridgehead atoms. The second-order valence-corrected chi connectivity index (χ2v) is 4.28. The van der Waals surface area contributed by atoms with Crippen molar-refractivity contribution < 1.29 is 14.4 Å². The van der Waals surface area contributed by atoms with Crippen molar-refractivity contribution in [3.63, 3.8) is 0 Å². The van der Waals surface area contributed by atoms with Crippen LogP contribution in [0.5, 0.6) is 0 Å². The van der Waals surface area contributed by atoms with E-state index in [0.717, 1.165) is 4.90 Å². The lowest BCUT2D eigenvalue weighted by molar-refractivity contribution is -0.121. The molecule has 110 valence electrons. The summed E-state index contributed by atoms with van der Waals surface area (Å²) in [6.07, 6.45) is 0.554. The number of hydrogen-bond acceptors (Lipinski definition) is 5. The zero-order chi connectivity index (χ0) is 15.4. The Morgan fingerprint density at radius 3 is 2.05 bits per heavy atom. The van der Waals surface area contributed by atoms with Gasteiger partial charge in [-0.15, -0.1) is 0 Å². The molecule has 9 nitrogen and oxygen atoms in total. The van der Waals surface area contributed by atoms with Crippen LogP contribution in [0.25, 0.3) is 0 Å². The highest BCUT2D eigenvalue weighted by atomic mass is 16.2. The maximum Gasteiger partial charge on any atom is 0.275 e. The lowest BCUT2D eigenvalue weighted by atomic mass is 10.2. The van der Waals surface area contributed by atoms with Gasteiger partial charge in [-0.3, -0.25) is 19.1 Å². The van der Waals surface area contributed by atoms with E-state index in [1.54, 1.807) is 7.05 Å². The highest BCUT2D eigenvalue weighted by Gasteiger charge is 2.26. The van der Waals surface area contributed by atoms with Gasteiger partial charge >= 0.3 is 0 Å². The van der Waals surface area contributed by atoms with E-state index in [0.29, 0.717) is 12.1 Å². The van der Waals surface area contributed by atoms with Gasteiger partial charge in [0.05, 0.1) is 11.4 Å². The van der Waals surface area contributed by atoms with E-state index in [-0.39, 0.29) is 11.4 Å². The monoisotopic (exact) mass is 282 g/mol. The normalized spacial score (nSPS) is 10.3. The standard InChI is InChI=1S/C11H18N6O3/c1-3-6-9(14)10(16(2)15-6)11(20)17(4-7(12)18)5-8(13)19/h3-5,14H2,1-2H3,(H2,12,18)(H2,13,19). The topological polar surface area (TPSA) is 150 Å². The molecule has 0 aromatic carbocycles. The van der Waals surface area contributed by atoms with E-state index in [1.165, 1.54) is 4.68 Å². The first-order chi connectivity index (χ1) is 9.27. The van der Waals surface area contributed by atoms with Gasteiger partial charge in [0.25, 0.3) is 5.91 Å². The Morgan fingerprint density at radius 2 is 1.70 bits per heavy atom. The minimum Gasteiger partial charge on any atom is -0.395 e. The Kier molecular flexibility index (Phi) is 4.68. The fourth-order valence-electron chi connectivity index (χ4n) is 1.84. The van der Waals surface area contributed by atoms with E-state index in [1.807, 2.05) is 6.92 Å². The quantitative estimate of drug-likeness (QED) is 0.550. The predicted octanol–water partition coefficient (Wildman–Crippen LogP) is -2.02. The Hall–Kier alpha value is -2.58. The first kappa shape index (κ1) is 15.5. The highest BCUT2D eigenvalue weighted by molar-refractivity contribution is 6.01. The highest BCUT2D eigenvalue weighted by Crippen LogP contribution is 2.18. The van der Waals surface area contributed by atoms with Crippen LogP contribution >= 0.6 is 0 Å². The van der Waals surface area contributed by atoms with Crippen LogP contribution in [-0.2, 0) is 23.1 Å². The van der Waals surface area contributed by atoms with E-state index >= 15 is 0 Å². The van der Waals surface area contributed by atoms with Crippen LogP contribution in [0.4, 0.5) is 5.69 Å². The number of nitrogens with two attached hydrogens (primary N) is 3. The van der Waals surface area contributed by atoms with Crippen LogP contribution in [0.2, 0.25) is 0 Å². The van der Waals surface area contributed by atoms with Gasteiger partial charge in [0.2, 0.25) is 11.8 Å². The van der Waals surface area contributed by atoms with Gasteiger partial charge in [0.1, 0.15) is 18.8 Å². The van der Waals surface area contributed by atoms with Crippen molar-refractivity contribution in [3.05, 3.63) is 11.4 Å². The number of carbonyl (C=O) groups excluding carboxylic acids is 3. The first-order valence-electron chi connectivity index (χ1n) is 5.95. The number of carbonyl (C=O) groups is 3. The molecule has 1 aromatic heterocycles. The van der Waals surface area contributed by atoms with Crippen LogP contribution in [0.15, 0.2) is 0 Å². The number of aryl methyl sites for hydroxylation is 2. The summed E-state index contributed by atoms with van der Waals surface area (Å²) in [6, 6.07) is 0. The summed E-state index contributed by atoms with van der Waals surface area (Å²) >= 11 is 0. The summed E-state index contributed by atoms with van der Waals surface area (Å²) in [5.41, 5.74) is 16.8. The third-order valence-corrected chi connectivity index (χ3v) is 2.68. The molecule has 0 atom stereocenters. The molecule has 6 N–H and O–H groups in total. The van der Waals surface area contributed by atoms with Crippen molar-refractivity contribution in [1.82, 2.24) is 14.7 Å². The van der Waals surface area contributed by atoms with Gasteiger partial charge in [-0.25, -0.2) is 0 Å². The predicted molar refractivity (Wildman–Crippen MR) is 71.3 cm³/mol. The summed E-state index contributed by atoms with van der Waals surface area (Å²) in [5.74, 6) is -2.12. The molecule has 0 radical (unpaired) electrons. The zero-order valence-electron chi connectivity index (χ0n) is 11.4. The number of nitrogens with zero attached hydrogens (tertiary/aromatic N) is 3. The SMILES string of the molecule is CCc1nn(C)c(C(=O)N(CC(N)=O)CC(N)=O)c1N. The Balaban J connectivity index is 3.14. The maximum absolute atomic E-state index is 12.4. The smallest absolute Gasteiger partial charge is 0.275 e. The third kappa shape index (κ3) is 3.25. The second-order valence-electron chi connectivity index (χ2n) is 4.28. The van der Waals surface area contributed by atoms with Crippen LogP contribution in [0.1, 0.15) is 23.1 Å². The van der Waals surface area contributed by atoms with Crippen molar-refractivity contribution in [2.24, 2.45) is 18.5 Å². The molecule has 3 amide bonds. The van der Waals surface area contributed by atoms with Crippen LogP contribution in [0.3, 0.4) is 0 Å². The molecule has 0 saturated heterocycles. The largest absolute Gasteiger partial charge is 0.395 e. The van der Waals surface area contributed by atoms with Gasteiger partial charge in [0, 0.05) is 7.05 Å². The van der Waals surface area contributed by atoms with E-state index in [4.69, 9.17) is 17.2 Å². The third-order valence-electron chi connectivity index (χ3n) is 2.68. The molecule has 0 aliphatic heterocycles. The Morgan fingerprint density at radius 1 is 1.20 bits per heavy atom. The fraction of sp³-hybridized carbons (Fsp3) is 0.455. The molecule has 0 aliphatic rings. The fourth-order valence-corrected chi connectivity index (χ4v) is 1.84. The molecule has 0 fully saturated rings. The summed E-state index contributed by atoms with van der Waals surface area (Å²) < 4.78 is 1.31. The number of hydrogen-bond donors (Lipinski definition) is 3. The van der Waals surface area contributed by atoms with E-state index in [9.17, 15) is 14.4 Å². The summed E-state index contributed by atoms with van der Waals surface area (Å²) in [7, 11) is 1.55. The number of anilines is 1. The van der Waals surface area contributed by atoms with E-state index in [2.05, 4.69) is 5.10 Å². The number of rotatable bonds is 6. The van der Waals surface area contributed by atoms with Gasteiger partial charge in [-0.05, 0) is 6.42 Å². The van der Waals surface area contributed by atoms with Gasteiger partial charge in [0.15, 0.2) is 0 Å². The van der Waals surface area contributed by atoms with Crippen LogP contribution in [0, 0.1) is 0 Å². The summed E-state index contributed by atoms with van der Waals surface area (Å²) in [5, 5.41) is 4.10. The molecule has 1 aromatic rings. The number of nitrogen functional groups attached to an aromatic ring is 1. The first-order valence-corrected chi connectivity index (χ1v) is 5.95. The molecule has 9 heteroatoms. The molecular weight excluding hydrogens is 264 g/mol. The molecule has 0 spiro atoms. The minimum atomic E-state index is -0.754. The zero-order valence-corrected chi connectivity index (χ0v) is 11.4. The van der Waals surface area contributed by atoms with Crippen molar-refractivity contribution in [3.8, 4) is 0 Å². The molecule has 1 heterocycles. The minimum absolute atomic E-state index is 0.101. The summed E-state index contributed by atoms with van der Waals surface area (Å²) in [6.45, 7) is 0.999. The molecule has 0 aliphatic carbocycles. The van der Waals surface area contributed by atoms with Gasteiger partial charge in [-0.2, -0.15) is 5.10 Å². The van der Waals surface area contributed by atoms with Crippen molar-refractivity contribution in [2.75, 3.05) is 18.8 Å². The van der Waals surface area contributed by atoms with Crippen molar-refractivity contribution in [1.29, 1.82) is 0 Å². The second kappa shape index (κ2) is 6.04. The van der Waals surface area contributed by atoms with Crippen molar-refractivity contribution in [2.45, 2.75) is 13.3 Å². The molecule has 20 heavy (non-hydrogen) atoms. The summed E-state index contributed by atoms with van der Waals surface area (Å²) in [4.78, 5) is 35.3. The van der Waals surface area contributed by atoms with Gasteiger partial charge < -0.3 is 22.1 Å². The van der Waals surface area contributed by atoms with Crippen LogP contribution < -0.4 is 17.2 Å². The van der Waals surface area contributed by atoms with E-state index < -0.39 is 30.8 Å². The lowest BCUT2D eigenvalue weighted by Crippen LogP contribution is -2.44. The number of amides is 3.